The van der Waals surface area contributed by atoms with Gasteiger partial charge in [-0.15, -0.1) is 0 Å². The molecule has 0 bridgehead atoms. The number of amides is 1. The molecule has 0 radical (unpaired) electrons. The maximum absolute atomic E-state index is 12.6. The molecule has 1 amide bonds. The SMILES string of the molecule is CCC[C@H](C)COc1ccc(C(=CO)C(=O)N[C@H](C)c2cccc(C)c2)cc1. The van der Waals surface area contributed by atoms with Crippen LogP contribution in [0.3, 0.4) is 0 Å². The van der Waals surface area contributed by atoms with Gasteiger partial charge in [-0.3, -0.25) is 4.79 Å². The number of hydrogen-bond donors (Lipinski definition) is 2. The van der Waals surface area contributed by atoms with Gasteiger partial charge < -0.3 is 15.2 Å². The highest BCUT2D eigenvalue weighted by Gasteiger charge is 2.16. The molecule has 0 aliphatic rings. The largest absolute Gasteiger partial charge is 0.515 e. The molecule has 0 fully saturated rings. The van der Waals surface area contributed by atoms with E-state index in [-0.39, 0.29) is 17.5 Å². The topological polar surface area (TPSA) is 58.6 Å². The van der Waals surface area contributed by atoms with Crippen molar-refractivity contribution in [3.05, 3.63) is 71.5 Å². The molecule has 0 aliphatic carbocycles. The van der Waals surface area contributed by atoms with Crippen LogP contribution in [0, 0.1) is 12.8 Å². The average molecular weight is 382 g/mol. The molecule has 0 aromatic heterocycles. The summed E-state index contributed by atoms with van der Waals surface area (Å²) in [5.74, 6) is 0.950. The highest BCUT2D eigenvalue weighted by molar-refractivity contribution is 6.19. The van der Waals surface area contributed by atoms with E-state index in [1.807, 2.05) is 50.2 Å². The van der Waals surface area contributed by atoms with Gasteiger partial charge in [0.2, 0.25) is 0 Å². The van der Waals surface area contributed by atoms with E-state index in [9.17, 15) is 9.90 Å². The molecular formula is C24H31NO3. The van der Waals surface area contributed by atoms with E-state index in [1.165, 1.54) is 0 Å². The van der Waals surface area contributed by atoms with Gasteiger partial charge in [0.05, 0.1) is 24.5 Å². The average Bonchev–Trinajstić information content (AvgIpc) is 2.68. The molecule has 0 saturated heterocycles. The fourth-order valence-corrected chi connectivity index (χ4v) is 3.11. The summed E-state index contributed by atoms with van der Waals surface area (Å²) in [4.78, 5) is 12.6. The summed E-state index contributed by atoms with van der Waals surface area (Å²) < 4.78 is 5.80. The van der Waals surface area contributed by atoms with Crippen LogP contribution in [0.5, 0.6) is 5.75 Å². The van der Waals surface area contributed by atoms with Crippen molar-refractivity contribution >= 4 is 11.5 Å². The van der Waals surface area contributed by atoms with Crippen LogP contribution in [0.2, 0.25) is 0 Å². The Morgan fingerprint density at radius 2 is 1.89 bits per heavy atom. The van der Waals surface area contributed by atoms with Crippen molar-refractivity contribution in [3.63, 3.8) is 0 Å². The number of rotatable bonds is 9. The number of aliphatic hydroxyl groups is 1. The smallest absolute Gasteiger partial charge is 0.255 e. The van der Waals surface area contributed by atoms with Crippen molar-refractivity contribution in [1.29, 1.82) is 0 Å². The Kier molecular flexibility index (Phi) is 8.12. The normalized spacial score (nSPS) is 13.6. The van der Waals surface area contributed by atoms with Crippen LogP contribution in [0.15, 0.2) is 54.8 Å². The minimum Gasteiger partial charge on any atom is -0.515 e. The Labute approximate surface area is 168 Å². The molecule has 0 aliphatic heterocycles. The Bertz CT molecular complexity index is 796. The lowest BCUT2D eigenvalue weighted by atomic mass is 10.0. The Morgan fingerprint density at radius 1 is 1.18 bits per heavy atom. The molecule has 2 aromatic rings. The number of ether oxygens (including phenoxy) is 1. The van der Waals surface area contributed by atoms with Gasteiger partial charge in [0.1, 0.15) is 5.75 Å². The van der Waals surface area contributed by atoms with Gasteiger partial charge in [-0.1, -0.05) is 62.2 Å². The third-order valence-electron chi connectivity index (χ3n) is 4.74. The molecule has 0 saturated carbocycles. The predicted octanol–water partition coefficient (Wildman–Crippen LogP) is 5.59. The van der Waals surface area contributed by atoms with E-state index in [4.69, 9.17) is 4.74 Å². The van der Waals surface area contributed by atoms with Gasteiger partial charge in [-0.05, 0) is 49.4 Å². The maximum atomic E-state index is 12.6. The first kappa shape index (κ1) is 21.5. The van der Waals surface area contributed by atoms with E-state index < -0.39 is 0 Å². The zero-order valence-electron chi connectivity index (χ0n) is 17.2. The zero-order valence-corrected chi connectivity index (χ0v) is 17.2. The quantitative estimate of drug-likeness (QED) is 0.440. The summed E-state index contributed by atoms with van der Waals surface area (Å²) in [6.07, 6.45) is 3.14. The van der Waals surface area contributed by atoms with Crippen molar-refractivity contribution in [1.82, 2.24) is 5.32 Å². The van der Waals surface area contributed by atoms with E-state index in [1.54, 1.807) is 12.1 Å². The second kappa shape index (κ2) is 10.5. The molecule has 4 heteroatoms. The molecule has 2 rings (SSSR count). The molecule has 4 nitrogen and oxygen atoms in total. The van der Waals surface area contributed by atoms with Crippen LogP contribution < -0.4 is 10.1 Å². The molecule has 0 spiro atoms. The zero-order chi connectivity index (χ0) is 20.5. The van der Waals surface area contributed by atoms with Crippen LogP contribution in [0.4, 0.5) is 0 Å². The van der Waals surface area contributed by atoms with E-state index in [0.29, 0.717) is 18.1 Å². The van der Waals surface area contributed by atoms with Gasteiger partial charge >= 0.3 is 0 Å². The lowest BCUT2D eigenvalue weighted by Crippen LogP contribution is -2.27. The third kappa shape index (κ3) is 6.15. The van der Waals surface area contributed by atoms with Gasteiger partial charge in [0.15, 0.2) is 0 Å². The number of carbonyl (C=O) groups is 1. The van der Waals surface area contributed by atoms with Crippen LogP contribution in [0.1, 0.15) is 56.3 Å². The molecular weight excluding hydrogens is 350 g/mol. The van der Waals surface area contributed by atoms with E-state index >= 15 is 0 Å². The van der Waals surface area contributed by atoms with Gasteiger partial charge in [-0.25, -0.2) is 0 Å². The standard InChI is InChI=1S/C24H31NO3/c1-5-7-18(3)16-28-22-12-10-20(11-13-22)23(15-26)24(27)25-19(4)21-9-6-8-17(2)14-21/h6,8-15,18-19,26H,5,7,16H2,1-4H3,(H,25,27)/t18-,19+/m0/s1. The summed E-state index contributed by atoms with van der Waals surface area (Å²) in [6.45, 7) is 8.95. The summed E-state index contributed by atoms with van der Waals surface area (Å²) in [6, 6.07) is 15.1. The number of aryl methyl sites for hydroxylation is 1. The van der Waals surface area contributed by atoms with Gasteiger partial charge in [-0.2, -0.15) is 0 Å². The minimum atomic E-state index is -0.318. The van der Waals surface area contributed by atoms with Crippen LogP contribution in [-0.4, -0.2) is 17.6 Å². The lowest BCUT2D eigenvalue weighted by Gasteiger charge is -2.16. The Morgan fingerprint density at radius 3 is 2.50 bits per heavy atom. The van der Waals surface area contributed by atoms with Crippen molar-refractivity contribution in [2.75, 3.05) is 6.61 Å². The number of carbonyl (C=O) groups excluding carboxylic acids is 1. The summed E-state index contributed by atoms with van der Waals surface area (Å²) in [7, 11) is 0. The van der Waals surface area contributed by atoms with Crippen LogP contribution >= 0.6 is 0 Å². The van der Waals surface area contributed by atoms with E-state index in [0.717, 1.165) is 36.0 Å². The Hall–Kier alpha value is -2.75. The van der Waals surface area contributed by atoms with Crippen molar-refractivity contribution in [2.24, 2.45) is 5.92 Å². The third-order valence-corrected chi connectivity index (χ3v) is 4.74. The number of hydrogen-bond acceptors (Lipinski definition) is 3. The fourth-order valence-electron chi connectivity index (χ4n) is 3.11. The molecule has 2 N–H and O–H groups in total. The first-order valence-electron chi connectivity index (χ1n) is 9.89. The van der Waals surface area contributed by atoms with Crippen LogP contribution in [0.25, 0.3) is 5.57 Å². The van der Waals surface area contributed by atoms with E-state index in [2.05, 4.69) is 19.2 Å². The summed E-state index contributed by atoms with van der Waals surface area (Å²) in [5, 5.41) is 12.6. The van der Waals surface area contributed by atoms with Crippen molar-refractivity contribution in [2.45, 2.75) is 46.6 Å². The van der Waals surface area contributed by atoms with Gasteiger partial charge in [0.25, 0.3) is 5.91 Å². The predicted molar refractivity (Wildman–Crippen MR) is 114 cm³/mol. The number of aliphatic hydroxyl groups excluding tert-OH is 1. The highest BCUT2D eigenvalue weighted by Crippen LogP contribution is 2.21. The Balaban J connectivity index is 2.01. The molecule has 2 aromatic carbocycles. The molecule has 0 heterocycles. The van der Waals surface area contributed by atoms with Crippen molar-refractivity contribution < 1.29 is 14.6 Å². The second-order valence-corrected chi connectivity index (χ2v) is 7.38. The van der Waals surface area contributed by atoms with Gasteiger partial charge in [0, 0.05) is 0 Å². The first-order valence-corrected chi connectivity index (χ1v) is 9.89. The molecule has 28 heavy (non-hydrogen) atoms. The molecule has 2 atom stereocenters. The first-order chi connectivity index (χ1) is 13.4. The summed E-state index contributed by atoms with van der Waals surface area (Å²) >= 11 is 0. The molecule has 150 valence electrons. The minimum absolute atomic E-state index is 0.162. The monoisotopic (exact) mass is 381 g/mol. The summed E-state index contributed by atoms with van der Waals surface area (Å²) in [5.41, 5.74) is 3.03. The maximum Gasteiger partial charge on any atom is 0.255 e. The lowest BCUT2D eigenvalue weighted by molar-refractivity contribution is -0.116. The van der Waals surface area contributed by atoms with Crippen LogP contribution in [-0.2, 0) is 4.79 Å². The highest BCUT2D eigenvalue weighted by atomic mass is 16.5. The molecule has 0 unspecified atom stereocenters. The van der Waals surface area contributed by atoms with Crippen molar-refractivity contribution in [3.8, 4) is 5.75 Å². The fraction of sp³-hybridized carbons (Fsp3) is 0.375. The number of nitrogens with one attached hydrogen (secondary N) is 1. The second-order valence-electron chi connectivity index (χ2n) is 7.38. The number of benzene rings is 2.